The van der Waals surface area contributed by atoms with Gasteiger partial charge in [0.1, 0.15) is 0 Å². The highest BCUT2D eigenvalue weighted by atomic mass is 16.4. The average Bonchev–Trinajstić information content (AvgIpc) is 3.34. The highest BCUT2D eigenvalue weighted by Crippen LogP contribution is 2.35. The lowest BCUT2D eigenvalue weighted by molar-refractivity contribution is -0.138. The summed E-state index contributed by atoms with van der Waals surface area (Å²) in [4.78, 5) is 16.1. The summed E-state index contributed by atoms with van der Waals surface area (Å²) in [6, 6.07) is 18.9. The van der Waals surface area contributed by atoms with E-state index >= 15 is 0 Å². The maximum absolute atomic E-state index is 11.5. The van der Waals surface area contributed by atoms with Crippen LogP contribution in [0.4, 0.5) is 0 Å². The number of benzene rings is 2. The van der Waals surface area contributed by atoms with E-state index in [9.17, 15) is 9.90 Å². The molecule has 2 aromatic carbocycles. The topological polar surface area (TPSA) is 49.7 Å². The summed E-state index contributed by atoms with van der Waals surface area (Å²) < 4.78 is 0. The highest BCUT2D eigenvalue weighted by Gasteiger charge is 2.36. The van der Waals surface area contributed by atoms with Crippen LogP contribution in [0.2, 0.25) is 0 Å². The molecule has 0 bridgehead atoms. The molecule has 1 aliphatic rings. The number of hydrogen-bond acceptors (Lipinski definition) is 2. The van der Waals surface area contributed by atoms with Gasteiger partial charge < -0.3 is 5.11 Å². The van der Waals surface area contributed by atoms with Crippen molar-refractivity contribution in [2.24, 2.45) is 10.9 Å². The van der Waals surface area contributed by atoms with Crippen LogP contribution in [0.1, 0.15) is 24.0 Å². The van der Waals surface area contributed by atoms with Gasteiger partial charge in [-0.15, -0.1) is 0 Å². The zero-order valence-electron chi connectivity index (χ0n) is 11.6. The van der Waals surface area contributed by atoms with Crippen molar-refractivity contribution in [2.75, 3.05) is 0 Å². The summed E-state index contributed by atoms with van der Waals surface area (Å²) in [6.45, 7) is 0. The van der Waals surface area contributed by atoms with Crippen molar-refractivity contribution in [2.45, 2.75) is 18.9 Å². The third-order valence-electron chi connectivity index (χ3n) is 3.68. The summed E-state index contributed by atoms with van der Waals surface area (Å²) in [7, 11) is 0. The molecule has 2 aromatic rings. The quantitative estimate of drug-likeness (QED) is 0.853. The molecule has 3 nitrogen and oxygen atoms in total. The molecule has 1 saturated carbocycles. The number of aliphatic carboxylic acids is 1. The third kappa shape index (κ3) is 3.19. The average molecular weight is 279 g/mol. The second-order valence-electron chi connectivity index (χ2n) is 5.33. The van der Waals surface area contributed by atoms with E-state index in [1.807, 2.05) is 60.7 Å². The molecule has 0 unspecified atom stereocenters. The monoisotopic (exact) mass is 279 g/mol. The Bertz CT molecular complexity index is 604. The Balaban J connectivity index is 2.06. The summed E-state index contributed by atoms with van der Waals surface area (Å²) >= 11 is 0. The fourth-order valence-corrected chi connectivity index (χ4v) is 2.42. The second kappa shape index (κ2) is 5.92. The maximum atomic E-state index is 11.5. The first-order chi connectivity index (χ1) is 10.3. The van der Waals surface area contributed by atoms with Crippen LogP contribution in [0.15, 0.2) is 65.7 Å². The lowest BCUT2D eigenvalue weighted by Crippen LogP contribution is -2.22. The Morgan fingerprint density at radius 1 is 0.952 bits per heavy atom. The van der Waals surface area contributed by atoms with Gasteiger partial charge in [0.25, 0.3) is 0 Å². The standard InChI is InChI=1S/C18H17NO2/c20-18(21)17(15-11-12-15)19-16(13-7-3-1-4-8-13)14-9-5-2-6-10-14/h1-10,15,17H,11-12H2,(H,20,21)/t17-/m0/s1. The smallest absolute Gasteiger partial charge is 0.328 e. The fraction of sp³-hybridized carbons (Fsp3) is 0.222. The van der Waals surface area contributed by atoms with E-state index in [0.29, 0.717) is 0 Å². The van der Waals surface area contributed by atoms with Crippen LogP contribution in [0.5, 0.6) is 0 Å². The number of carbonyl (C=O) groups is 1. The Kier molecular flexibility index (Phi) is 3.82. The second-order valence-corrected chi connectivity index (χ2v) is 5.33. The Labute approximate surface area is 124 Å². The minimum Gasteiger partial charge on any atom is -0.480 e. The summed E-state index contributed by atoms with van der Waals surface area (Å²) in [5.74, 6) is -0.646. The van der Waals surface area contributed by atoms with Gasteiger partial charge in [-0.3, -0.25) is 4.99 Å². The van der Waals surface area contributed by atoms with Crippen molar-refractivity contribution in [1.29, 1.82) is 0 Å². The Morgan fingerprint density at radius 2 is 1.43 bits per heavy atom. The van der Waals surface area contributed by atoms with Crippen molar-refractivity contribution >= 4 is 11.7 Å². The van der Waals surface area contributed by atoms with Crippen molar-refractivity contribution in [3.63, 3.8) is 0 Å². The molecular weight excluding hydrogens is 262 g/mol. The molecule has 1 atom stereocenters. The minimum absolute atomic E-state index is 0.185. The van der Waals surface area contributed by atoms with E-state index in [-0.39, 0.29) is 5.92 Å². The zero-order valence-corrected chi connectivity index (χ0v) is 11.6. The van der Waals surface area contributed by atoms with Gasteiger partial charge in [-0.2, -0.15) is 0 Å². The molecule has 0 aliphatic heterocycles. The molecule has 0 spiro atoms. The minimum atomic E-state index is -0.832. The van der Waals surface area contributed by atoms with Crippen molar-refractivity contribution < 1.29 is 9.90 Å². The van der Waals surface area contributed by atoms with Gasteiger partial charge in [0.2, 0.25) is 0 Å². The van der Waals surface area contributed by atoms with Crippen molar-refractivity contribution in [1.82, 2.24) is 0 Å². The zero-order chi connectivity index (χ0) is 14.7. The van der Waals surface area contributed by atoms with E-state index in [4.69, 9.17) is 0 Å². The lowest BCUT2D eigenvalue weighted by atomic mass is 10.0. The van der Waals surface area contributed by atoms with Crippen LogP contribution in [-0.4, -0.2) is 22.8 Å². The molecule has 1 aliphatic carbocycles. The fourth-order valence-electron chi connectivity index (χ4n) is 2.42. The van der Waals surface area contributed by atoms with Gasteiger partial charge in [0.15, 0.2) is 6.04 Å². The number of nitrogens with zero attached hydrogens (tertiary/aromatic N) is 1. The normalized spacial score (nSPS) is 15.2. The van der Waals surface area contributed by atoms with Gasteiger partial charge in [0, 0.05) is 11.1 Å². The van der Waals surface area contributed by atoms with Crippen LogP contribution in [0.3, 0.4) is 0 Å². The van der Waals surface area contributed by atoms with Crippen LogP contribution in [0.25, 0.3) is 0 Å². The summed E-state index contributed by atoms with van der Waals surface area (Å²) in [6.07, 6.45) is 1.91. The van der Waals surface area contributed by atoms with E-state index < -0.39 is 12.0 Å². The summed E-state index contributed by atoms with van der Waals surface area (Å²) in [5, 5.41) is 9.42. The number of carboxylic acids is 1. The van der Waals surface area contributed by atoms with Crippen LogP contribution in [-0.2, 0) is 4.79 Å². The maximum Gasteiger partial charge on any atom is 0.328 e. The Hall–Kier alpha value is -2.42. The number of rotatable bonds is 5. The summed E-state index contributed by atoms with van der Waals surface area (Å²) in [5.41, 5.74) is 2.67. The third-order valence-corrected chi connectivity index (χ3v) is 3.68. The molecule has 0 heterocycles. The van der Waals surface area contributed by atoms with Gasteiger partial charge in [-0.05, 0) is 18.8 Å². The molecule has 0 saturated heterocycles. The number of carboxylic acid groups (broad SMARTS) is 1. The SMILES string of the molecule is O=C(O)[C@@H](N=C(c1ccccc1)c1ccccc1)C1CC1. The first-order valence-electron chi connectivity index (χ1n) is 7.17. The first-order valence-corrected chi connectivity index (χ1v) is 7.17. The highest BCUT2D eigenvalue weighted by molar-refractivity contribution is 6.13. The van der Waals surface area contributed by atoms with E-state index in [1.165, 1.54) is 0 Å². The van der Waals surface area contributed by atoms with Gasteiger partial charge >= 0.3 is 5.97 Å². The molecule has 106 valence electrons. The van der Waals surface area contributed by atoms with Gasteiger partial charge in [-0.25, -0.2) is 4.79 Å². The molecule has 1 fully saturated rings. The van der Waals surface area contributed by atoms with Gasteiger partial charge in [-0.1, -0.05) is 60.7 Å². The van der Waals surface area contributed by atoms with Crippen LogP contribution < -0.4 is 0 Å². The lowest BCUT2D eigenvalue weighted by Gasteiger charge is -2.12. The first kappa shape index (κ1) is 13.6. The molecule has 1 N–H and O–H groups in total. The Morgan fingerprint density at radius 3 is 1.81 bits per heavy atom. The van der Waals surface area contributed by atoms with Gasteiger partial charge in [0.05, 0.1) is 5.71 Å². The predicted octanol–water partition coefficient (Wildman–Crippen LogP) is 3.39. The molecule has 0 amide bonds. The predicted molar refractivity (Wildman–Crippen MR) is 82.7 cm³/mol. The molecule has 0 aromatic heterocycles. The molecule has 3 heteroatoms. The molecular formula is C18H17NO2. The number of aliphatic imine (C=N–C) groups is 1. The van der Waals surface area contributed by atoms with E-state index in [0.717, 1.165) is 29.7 Å². The van der Waals surface area contributed by atoms with Crippen LogP contribution >= 0.6 is 0 Å². The largest absolute Gasteiger partial charge is 0.480 e. The van der Waals surface area contributed by atoms with Crippen molar-refractivity contribution in [3.05, 3.63) is 71.8 Å². The number of hydrogen-bond donors (Lipinski definition) is 1. The molecule has 3 rings (SSSR count). The van der Waals surface area contributed by atoms with E-state index in [1.54, 1.807) is 0 Å². The van der Waals surface area contributed by atoms with E-state index in [2.05, 4.69) is 4.99 Å². The van der Waals surface area contributed by atoms with Crippen molar-refractivity contribution in [3.8, 4) is 0 Å². The molecule has 21 heavy (non-hydrogen) atoms. The molecule has 0 radical (unpaired) electrons. The van der Waals surface area contributed by atoms with Crippen LogP contribution in [0, 0.1) is 5.92 Å².